The molecule has 0 radical (unpaired) electrons. The van der Waals surface area contributed by atoms with Gasteiger partial charge in [0.25, 0.3) is 0 Å². The lowest BCUT2D eigenvalue weighted by Crippen LogP contribution is -2.51. The van der Waals surface area contributed by atoms with E-state index in [-0.39, 0.29) is 4.86 Å². The molecule has 0 aromatic carbocycles. The number of rotatable bonds is 7. The molecule has 114 valence electrons. The first-order chi connectivity index (χ1) is 9.24. The monoisotopic (exact) mass is 296 g/mol. The second-order valence-corrected chi connectivity index (χ2v) is 3.31. The van der Waals surface area contributed by atoms with Crippen LogP contribution in [0.3, 0.4) is 0 Å². The highest BCUT2D eigenvalue weighted by molar-refractivity contribution is 5.77. The van der Waals surface area contributed by atoms with Crippen LogP contribution in [0.1, 0.15) is 0 Å². The van der Waals surface area contributed by atoms with Crippen molar-refractivity contribution in [3.05, 3.63) is 10.4 Å². The van der Waals surface area contributed by atoms with E-state index in [1.807, 2.05) is 0 Å². The smallest absolute Gasteiger partial charge is 0.364 e. The molecule has 3 atom stereocenters. The zero-order valence-corrected chi connectivity index (χ0v) is 9.77. The first-order valence-electron chi connectivity index (χ1n) is 4.80. The van der Waals surface area contributed by atoms with Crippen molar-refractivity contribution in [1.29, 1.82) is 0 Å². The molecule has 0 fully saturated rings. The predicted molar refractivity (Wildman–Crippen MR) is 54.0 cm³/mol. The second kappa shape index (κ2) is 7.64. The number of hydrogen-bond acceptors (Lipinski definition) is 9. The van der Waals surface area contributed by atoms with Crippen molar-refractivity contribution in [2.75, 3.05) is 6.54 Å². The van der Waals surface area contributed by atoms with Gasteiger partial charge in [-0.05, 0) is 4.86 Å². The van der Waals surface area contributed by atoms with Crippen LogP contribution in [-0.2, 0) is 14.3 Å². The average molecular weight is 296 g/mol. The summed E-state index contributed by atoms with van der Waals surface area (Å²) >= 11 is 0. The van der Waals surface area contributed by atoms with Crippen LogP contribution in [0, 0.1) is 10.4 Å². The normalized spacial score (nSPS) is 17.1. The molecule has 0 aliphatic rings. The zero-order chi connectivity index (χ0) is 15.9. The minimum Gasteiger partial charge on any atom is -0.597 e. The highest BCUT2D eigenvalue weighted by Crippen LogP contribution is 2.03. The first kappa shape index (κ1) is 17.3. The van der Waals surface area contributed by atoms with Crippen LogP contribution in [0.15, 0.2) is 10.6 Å². The van der Waals surface area contributed by atoms with Gasteiger partial charge in [-0.25, -0.2) is 4.79 Å². The Bertz CT molecular complexity index is 424. The molecule has 0 aliphatic heterocycles. The van der Waals surface area contributed by atoms with E-state index in [0.717, 1.165) is 0 Å². The molecule has 14 nitrogen and oxygen atoms in total. The molecule has 0 rings (SSSR count). The van der Waals surface area contributed by atoms with Gasteiger partial charge < -0.3 is 42.1 Å². The molecule has 0 aromatic rings. The summed E-state index contributed by atoms with van der Waals surface area (Å²) in [5.41, 5.74) is 10.2. The number of carboxylic acid groups (broad SMARTS) is 1. The third-order valence-corrected chi connectivity index (χ3v) is 1.89. The van der Waals surface area contributed by atoms with Gasteiger partial charge in [0, 0.05) is 0 Å². The Morgan fingerprint density at radius 3 is 2.20 bits per heavy atom. The van der Waals surface area contributed by atoms with Gasteiger partial charge in [0.15, 0.2) is 11.3 Å². The molecule has 0 heterocycles. The van der Waals surface area contributed by atoms with Crippen molar-refractivity contribution < 1.29 is 39.6 Å². The Balaban J connectivity index is 4.91. The number of carbonyl (C=O) groups excluding carboxylic acids is 1. The number of esters is 1. The molecular weight excluding hydrogens is 284 g/mol. The third-order valence-electron chi connectivity index (χ3n) is 1.89. The molecule has 2 unspecified atom stereocenters. The summed E-state index contributed by atoms with van der Waals surface area (Å²) in [5, 5.41) is 50.7. The van der Waals surface area contributed by atoms with Crippen LogP contribution in [-0.4, -0.2) is 62.0 Å². The highest BCUT2D eigenvalue weighted by Gasteiger charge is 2.38. The molecule has 0 aliphatic carbocycles. The van der Waals surface area contributed by atoms with E-state index in [4.69, 9.17) is 27.0 Å². The quantitative estimate of drug-likeness (QED) is 0.107. The van der Waals surface area contributed by atoms with Crippen molar-refractivity contribution >= 4 is 11.9 Å². The van der Waals surface area contributed by atoms with Gasteiger partial charge in [0.2, 0.25) is 17.9 Å². The number of nitrogens with two attached hydrogens (primary N) is 2. The van der Waals surface area contributed by atoms with Crippen LogP contribution >= 0.6 is 0 Å². The lowest BCUT2D eigenvalue weighted by atomic mass is 10.2. The summed E-state index contributed by atoms with van der Waals surface area (Å²) < 4.78 is 4.33. The van der Waals surface area contributed by atoms with E-state index >= 15 is 0 Å². The van der Waals surface area contributed by atoms with Crippen LogP contribution in [0.2, 0.25) is 0 Å². The Hall–Kier alpha value is -2.74. The van der Waals surface area contributed by atoms with Gasteiger partial charge in [-0.15, -0.1) is 0 Å². The fourth-order valence-corrected chi connectivity index (χ4v) is 0.914. The SMILES string of the molecule is NC(C(=O)O)C(OC(=O)[C@@H](N)C[N+]([O-])=NO)[N+]([O-])=NO. The number of nitrogens with zero attached hydrogens (tertiary/aromatic N) is 4. The Kier molecular flexibility index (Phi) is 6.59. The summed E-state index contributed by atoms with van der Waals surface area (Å²) in [6.45, 7) is -0.834. The van der Waals surface area contributed by atoms with E-state index in [1.165, 1.54) is 0 Å². The minimum absolute atomic E-state index is 0.358. The molecular formula is C6H12N6O8. The van der Waals surface area contributed by atoms with E-state index in [0.29, 0.717) is 0 Å². The number of hydroxylamine groups is 2. The minimum atomic E-state index is -2.21. The topological polar surface area (TPSA) is 233 Å². The van der Waals surface area contributed by atoms with Crippen molar-refractivity contribution in [3.63, 3.8) is 0 Å². The van der Waals surface area contributed by atoms with Gasteiger partial charge >= 0.3 is 18.2 Å². The molecule has 0 aromatic heterocycles. The molecule has 0 bridgehead atoms. The predicted octanol–water partition coefficient (Wildman–Crippen LogP) is -2.70. The van der Waals surface area contributed by atoms with E-state index in [2.05, 4.69) is 15.3 Å². The van der Waals surface area contributed by atoms with E-state index in [9.17, 15) is 20.0 Å². The van der Waals surface area contributed by atoms with Crippen LogP contribution in [0.4, 0.5) is 0 Å². The molecule has 0 saturated carbocycles. The first-order valence-corrected chi connectivity index (χ1v) is 4.80. The summed E-state index contributed by atoms with van der Waals surface area (Å²) in [7, 11) is 0. The van der Waals surface area contributed by atoms with Gasteiger partial charge in [0.1, 0.15) is 0 Å². The van der Waals surface area contributed by atoms with Crippen molar-refractivity contribution in [3.8, 4) is 0 Å². The Morgan fingerprint density at radius 2 is 1.80 bits per heavy atom. The van der Waals surface area contributed by atoms with Crippen LogP contribution in [0.25, 0.3) is 0 Å². The highest BCUT2D eigenvalue weighted by atomic mass is 16.6. The Morgan fingerprint density at radius 1 is 1.25 bits per heavy atom. The maximum absolute atomic E-state index is 11.4. The van der Waals surface area contributed by atoms with E-state index in [1.54, 1.807) is 0 Å². The number of hydrogen-bond donors (Lipinski definition) is 5. The largest absolute Gasteiger partial charge is 0.597 e. The van der Waals surface area contributed by atoms with Gasteiger partial charge in [-0.1, -0.05) is 4.86 Å². The lowest BCUT2D eigenvalue weighted by Gasteiger charge is -2.17. The fourth-order valence-electron chi connectivity index (χ4n) is 0.914. The van der Waals surface area contributed by atoms with Crippen LogP contribution < -0.4 is 11.5 Å². The van der Waals surface area contributed by atoms with Crippen molar-refractivity contribution in [2.24, 2.45) is 22.0 Å². The van der Waals surface area contributed by atoms with E-state index < -0.39 is 41.7 Å². The number of ether oxygens (including phenoxy) is 1. The standard InChI is InChI=1S/C6H12N6O8/c7-2(1-11(18)9-16)6(15)20-4(12(19)10-17)3(8)5(13)14/h2-4,16-17H,1,7-8H2,(H,13,14)/t2-,3?,4?/m0/s1. The summed E-state index contributed by atoms with van der Waals surface area (Å²) in [6.07, 6.45) is -2.21. The molecule has 7 N–H and O–H groups in total. The third kappa shape index (κ3) is 4.86. The summed E-state index contributed by atoms with van der Waals surface area (Å²) in [5.74, 6) is -3.13. The molecule has 0 spiro atoms. The summed E-state index contributed by atoms with van der Waals surface area (Å²) in [4.78, 5) is 20.9. The van der Waals surface area contributed by atoms with Gasteiger partial charge in [0.05, 0.1) is 0 Å². The fraction of sp³-hybridized carbons (Fsp3) is 0.667. The van der Waals surface area contributed by atoms with Crippen molar-refractivity contribution in [2.45, 2.75) is 18.3 Å². The molecule has 0 saturated heterocycles. The van der Waals surface area contributed by atoms with Crippen molar-refractivity contribution in [1.82, 2.24) is 0 Å². The average Bonchev–Trinajstić information content (AvgIpc) is 2.42. The van der Waals surface area contributed by atoms with Crippen LogP contribution in [0.5, 0.6) is 0 Å². The summed E-state index contributed by atoms with van der Waals surface area (Å²) in [6, 6.07) is -3.70. The molecule has 0 amide bonds. The number of carbonyl (C=O) groups is 2. The maximum Gasteiger partial charge on any atom is 0.364 e. The molecule has 14 heteroatoms. The number of aliphatic carboxylic acids is 1. The molecule has 20 heavy (non-hydrogen) atoms. The lowest BCUT2D eigenvalue weighted by molar-refractivity contribution is -0.629. The zero-order valence-electron chi connectivity index (χ0n) is 9.77. The number of carboxylic acids is 1. The Labute approximate surface area is 110 Å². The second-order valence-electron chi connectivity index (χ2n) is 3.31. The van der Waals surface area contributed by atoms with Gasteiger partial charge in [-0.3, -0.25) is 4.79 Å². The maximum atomic E-state index is 11.4. The van der Waals surface area contributed by atoms with Gasteiger partial charge in [-0.2, -0.15) is 0 Å².